The normalized spacial score (nSPS) is 11.8. The van der Waals surface area contributed by atoms with Crippen molar-refractivity contribution in [2.45, 2.75) is 27.3 Å². The average molecular weight is 261 g/mol. The highest BCUT2D eigenvalue weighted by atomic mass is 35.5. The fourth-order valence-corrected chi connectivity index (χ4v) is 1.53. The standard InChI is InChI=1S/C11H20N4O.ClH/c1-7(5-12)11(16)13-6-10-8(2)14-15(4)9(10)3;/h7H,5-6,12H2,1-4H3,(H,13,16);1H. The molecule has 3 N–H and O–H groups in total. The minimum absolute atomic E-state index is 0. The minimum Gasteiger partial charge on any atom is -0.352 e. The molecule has 98 valence electrons. The van der Waals surface area contributed by atoms with E-state index in [1.54, 1.807) is 0 Å². The molecule has 1 heterocycles. The van der Waals surface area contributed by atoms with Crippen molar-refractivity contribution < 1.29 is 4.79 Å². The Labute approximate surface area is 108 Å². The fraction of sp³-hybridized carbons (Fsp3) is 0.636. The van der Waals surface area contributed by atoms with Crippen LogP contribution in [0.2, 0.25) is 0 Å². The lowest BCUT2D eigenvalue weighted by molar-refractivity contribution is -0.124. The number of halogens is 1. The first kappa shape index (κ1) is 15.9. The van der Waals surface area contributed by atoms with Gasteiger partial charge in [-0.3, -0.25) is 9.48 Å². The van der Waals surface area contributed by atoms with Crippen molar-refractivity contribution in [3.05, 3.63) is 17.0 Å². The van der Waals surface area contributed by atoms with Gasteiger partial charge in [0.05, 0.1) is 5.69 Å². The lowest BCUT2D eigenvalue weighted by Crippen LogP contribution is -2.33. The molecule has 6 heteroatoms. The van der Waals surface area contributed by atoms with E-state index in [4.69, 9.17) is 5.73 Å². The van der Waals surface area contributed by atoms with E-state index >= 15 is 0 Å². The molecule has 17 heavy (non-hydrogen) atoms. The molecule has 0 aliphatic rings. The summed E-state index contributed by atoms with van der Waals surface area (Å²) in [6.45, 7) is 6.65. The molecule has 1 aromatic rings. The molecule has 1 amide bonds. The second-order valence-electron chi connectivity index (χ2n) is 4.13. The molecule has 0 aliphatic carbocycles. The summed E-state index contributed by atoms with van der Waals surface area (Å²) < 4.78 is 1.82. The predicted octanol–water partition coefficient (Wildman–Crippen LogP) is 0.670. The zero-order valence-corrected chi connectivity index (χ0v) is 11.6. The molecule has 1 rings (SSSR count). The number of carbonyl (C=O) groups is 1. The van der Waals surface area contributed by atoms with Crippen LogP contribution in [-0.2, 0) is 18.4 Å². The molecule has 1 aromatic heterocycles. The molecule has 0 fully saturated rings. The third-order valence-corrected chi connectivity index (χ3v) is 2.90. The molecule has 0 saturated carbocycles. The maximum atomic E-state index is 11.6. The van der Waals surface area contributed by atoms with E-state index in [0.717, 1.165) is 17.0 Å². The molecule has 0 saturated heterocycles. The van der Waals surface area contributed by atoms with E-state index in [-0.39, 0.29) is 24.2 Å². The van der Waals surface area contributed by atoms with Crippen molar-refractivity contribution in [3.8, 4) is 0 Å². The highest BCUT2D eigenvalue weighted by Gasteiger charge is 2.13. The van der Waals surface area contributed by atoms with Gasteiger partial charge in [0.15, 0.2) is 0 Å². The minimum atomic E-state index is -0.141. The lowest BCUT2D eigenvalue weighted by atomic mass is 10.1. The first-order valence-corrected chi connectivity index (χ1v) is 5.44. The summed E-state index contributed by atoms with van der Waals surface area (Å²) in [5.74, 6) is -0.151. The Hall–Kier alpha value is -1.07. The van der Waals surface area contributed by atoms with Gasteiger partial charge in [-0.25, -0.2) is 0 Å². The van der Waals surface area contributed by atoms with E-state index in [1.807, 2.05) is 32.5 Å². The van der Waals surface area contributed by atoms with E-state index < -0.39 is 0 Å². The smallest absolute Gasteiger partial charge is 0.224 e. The van der Waals surface area contributed by atoms with Crippen LogP contribution in [0.4, 0.5) is 0 Å². The fourth-order valence-electron chi connectivity index (χ4n) is 1.53. The second kappa shape index (κ2) is 6.61. The van der Waals surface area contributed by atoms with Gasteiger partial charge in [-0.2, -0.15) is 5.10 Å². The summed E-state index contributed by atoms with van der Waals surface area (Å²) in [7, 11) is 1.90. The Kier molecular flexibility index (Phi) is 6.20. The summed E-state index contributed by atoms with van der Waals surface area (Å²) in [6, 6.07) is 0. The van der Waals surface area contributed by atoms with Gasteiger partial charge in [-0.1, -0.05) is 6.92 Å². The Morgan fingerprint density at radius 3 is 2.53 bits per heavy atom. The first-order chi connectivity index (χ1) is 7.47. The molecule has 0 aliphatic heterocycles. The number of hydrogen-bond donors (Lipinski definition) is 2. The third kappa shape index (κ3) is 3.71. The topological polar surface area (TPSA) is 72.9 Å². The summed E-state index contributed by atoms with van der Waals surface area (Å²) >= 11 is 0. The number of nitrogens with one attached hydrogen (secondary N) is 1. The first-order valence-electron chi connectivity index (χ1n) is 5.44. The van der Waals surface area contributed by atoms with Gasteiger partial charge < -0.3 is 11.1 Å². The summed E-state index contributed by atoms with van der Waals surface area (Å²) in [5.41, 5.74) is 8.55. The maximum Gasteiger partial charge on any atom is 0.224 e. The van der Waals surface area contributed by atoms with Crippen LogP contribution < -0.4 is 11.1 Å². The molecular formula is C11H21ClN4O. The van der Waals surface area contributed by atoms with Gasteiger partial charge in [0.2, 0.25) is 5.91 Å². The van der Waals surface area contributed by atoms with Gasteiger partial charge in [0.25, 0.3) is 0 Å². The predicted molar refractivity (Wildman–Crippen MR) is 70.0 cm³/mol. The summed E-state index contributed by atoms with van der Waals surface area (Å²) in [6.07, 6.45) is 0. The van der Waals surface area contributed by atoms with Crippen molar-refractivity contribution >= 4 is 18.3 Å². The average Bonchev–Trinajstić information content (AvgIpc) is 2.49. The van der Waals surface area contributed by atoms with Gasteiger partial charge in [-0.15, -0.1) is 12.4 Å². The van der Waals surface area contributed by atoms with Crippen LogP contribution in [0.5, 0.6) is 0 Å². The number of nitrogens with two attached hydrogens (primary N) is 1. The van der Waals surface area contributed by atoms with E-state index in [0.29, 0.717) is 13.1 Å². The number of nitrogens with zero attached hydrogens (tertiary/aromatic N) is 2. The van der Waals surface area contributed by atoms with Crippen molar-refractivity contribution in [1.29, 1.82) is 0 Å². The van der Waals surface area contributed by atoms with Crippen molar-refractivity contribution in [3.63, 3.8) is 0 Å². The van der Waals surface area contributed by atoms with E-state index in [1.165, 1.54) is 0 Å². The van der Waals surface area contributed by atoms with Crippen LogP contribution in [0.15, 0.2) is 0 Å². The van der Waals surface area contributed by atoms with Gasteiger partial charge in [0, 0.05) is 37.3 Å². The second-order valence-corrected chi connectivity index (χ2v) is 4.13. The maximum absolute atomic E-state index is 11.6. The Morgan fingerprint density at radius 2 is 2.12 bits per heavy atom. The van der Waals surface area contributed by atoms with Gasteiger partial charge >= 0.3 is 0 Å². The van der Waals surface area contributed by atoms with Gasteiger partial charge in [0.1, 0.15) is 0 Å². The molecule has 1 atom stereocenters. The number of aromatic nitrogens is 2. The van der Waals surface area contributed by atoms with Crippen molar-refractivity contribution in [1.82, 2.24) is 15.1 Å². The molecule has 0 bridgehead atoms. The Balaban J connectivity index is 0.00000256. The molecule has 1 unspecified atom stereocenters. The van der Waals surface area contributed by atoms with Crippen LogP contribution in [0, 0.1) is 19.8 Å². The number of rotatable bonds is 4. The SMILES string of the molecule is Cc1nn(C)c(C)c1CNC(=O)C(C)CN.Cl. The largest absolute Gasteiger partial charge is 0.352 e. The molecular weight excluding hydrogens is 240 g/mol. The summed E-state index contributed by atoms with van der Waals surface area (Å²) in [5, 5.41) is 7.17. The van der Waals surface area contributed by atoms with E-state index in [2.05, 4.69) is 10.4 Å². The number of hydrogen-bond acceptors (Lipinski definition) is 3. The highest BCUT2D eigenvalue weighted by molar-refractivity contribution is 5.85. The zero-order chi connectivity index (χ0) is 12.3. The quantitative estimate of drug-likeness (QED) is 0.836. The highest BCUT2D eigenvalue weighted by Crippen LogP contribution is 2.11. The number of aryl methyl sites for hydroxylation is 2. The van der Waals surface area contributed by atoms with Crippen LogP contribution in [-0.4, -0.2) is 22.2 Å². The van der Waals surface area contributed by atoms with E-state index in [9.17, 15) is 4.79 Å². The van der Waals surface area contributed by atoms with Crippen molar-refractivity contribution in [2.24, 2.45) is 18.7 Å². The Morgan fingerprint density at radius 1 is 1.53 bits per heavy atom. The Bertz CT molecular complexity index is 389. The van der Waals surface area contributed by atoms with Gasteiger partial charge in [-0.05, 0) is 13.8 Å². The zero-order valence-electron chi connectivity index (χ0n) is 10.8. The molecule has 0 radical (unpaired) electrons. The van der Waals surface area contributed by atoms with Crippen LogP contribution in [0.3, 0.4) is 0 Å². The number of carbonyl (C=O) groups excluding carboxylic acids is 1. The number of amides is 1. The molecule has 5 nitrogen and oxygen atoms in total. The van der Waals surface area contributed by atoms with Crippen LogP contribution >= 0.6 is 12.4 Å². The van der Waals surface area contributed by atoms with Crippen LogP contribution in [0.1, 0.15) is 23.9 Å². The monoisotopic (exact) mass is 260 g/mol. The van der Waals surface area contributed by atoms with Crippen molar-refractivity contribution in [2.75, 3.05) is 6.54 Å². The molecule has 0 aromatic carbocycles. The summed E-state index contributed by atoms with van der Waals surface area (Å²) in [4.78, 5) is 11.6. The molecule has 0 spiro atoms. The van der Waals surface area contributed by atoms with Crippen LogP contribution in [0.25, 0.3) is 0 Å². The third-order valence-electron chi connectivity index (χ3n) is 2.90. The lowest BCUT2D eigenvalue weighted by Gasteiger charge is -2.10.